The lowest BCUT2D eigenvalue weighted by molar-refractivity contribution is -0.117. The number of rotatable bonds is 3. The third-order valence-corrected chi connectivity index (χ3v) is 4.05. The Morgan fingerprint density at radius 1 is 1.53 bits per heavy atom. The van der Waals surface area contributed by atoms with E-state index in [0.29, 0.717) is 11.3 Å². The molecule has 1 aromatic heterocycles. The fourth-order valence-electron chi connectivity index (χ4n) is 2.06. The standard InChI is InChI=1S/C11H10ClN3O3S/c12-19(17,18)7-9-2-11(16)15(6-9)10-1-8(3-13)4-14-5-10/h1,4-5,9H,2,6-7H2. The fourth-order valence-corrected chi connectivity index (χ4v) is 3.38. The predicted octanol–water partition coefficient (Wildman–Crippen LogP) is 0.875. The number of nitrogens with zero attached hydrogens (tertiary/aromatic N) is 3. The molecule has 8 heteroatoms. The molecule has 1 aliphatic heterocycles. The van der Waals surface area contributed by atoms with Crippen molar-refractivity contribution < 1.29 is 13.2 Å². The van der Waals surface area contributed by atoms with E-state index >= 15 is 0 Å². The summed E-state index contributed by atoms with van der Waals surface area (Å²) in [5.41, 5.74) is 0.845. The normalized spacial score (nSPS) is 19.5. The highest BCUT2D eigenvalue weighted by Gasteiger charge is 2.33. The van der Waals surface area contributed by atoms with Gasteiger partial charge in [-0.2, -0.15) is 5.26 Å². The van der Waals surface area contributed by atoms with Gasteiger partial charge in [0.15, 0.2) is 0 Å². The van der Waals surface area contributed by atoms with Crippen molar-refractivity contribution >= 4 is 31.3 Å². The maximum atomic E-state index is 11.8. The van der Waals surface area contributed by atoms with Crippen LogP contribution in [0.25, 0.3) is 0 Å². The number of carbonyl (C=O) groups excluding carboxylic acids is 1. The first-order valence-corrected chi connectivity index (χ1v) is 7.95. The summed E-state index contributed by atoms with van der Waals surface area (Å²) >= 11 is 0. The highest BCUT2D eigenvalue weighted by Crippen LogP contribution is 2.26. The lowest BCUT2D eigenvalue weighted by Crippen LogP contribution is -2.25. The molecule has 1 unspecified atom stereocenters. The molecule has 0 aromatic carbocycles. The second kappa shape index (κ2) is 5.15. The Balaban J connectivity index is 2.18. The Labute approximate surface area is 115 Å². The molecule has 100 valence electrons. The first kappa shape index (κ1) is 13.8. The minimum atomic E-state index is -3.62. The third-order valence-electron chi connectivity index (χ3n) is 2.80. The molecule has 0 aliphatic carbocycles. The van der Waals surface area contributed by atoms with Crippen molar-refractivity contribution in [3.8, 4) is 6.07 Å². The van der Waals surface area contributed by atoms with Crippen LogP contribution >= 0.6 is 10.7 Å². The van der Waals surface area contributed by atoms with Crippen LogP contribution in [0, 0.1) is 17.2 Å². The van der Waals surface area contributed by atoms with Gasteiger partial charge in [0, 0.05) is 35.8 Å². The maximum Gasteiger partial charge on any atom is 0.232 e. The van der Waals surface area contributed by atoms with Crippen molar-refractivity contribution in [2.75, 3.05) is 17.2 Å². The van der Waals surface area contributed by atoms with Gasteiger partial charge in [-0.3, -0.25) is 9.78 Å². The summed E-state index contributed by atoms with van der Waals surface area (Å²) in [5, 5.41) is 8.79. The lowest BCUT2D eigenvalue weighted by atomic mass is 10.1. The third kappa shape index (κ3) is 3.43. The largest absolute Gasteiger partial charge is 0.311 e. The van der Waals surface area contributed by atoms with E-state index in [0.717, 1.165) is 0 Å². The molecule has 1 amide bonds. The van der Waals surface area contributed by atoms with Gasteiger partial charge in [-0.05, 0) is 6.07 Å². The van der Waals surface area contributed by atoms with Gasteiger partial charge in [-0.15, -0.1) is 0 Å². The van der Waals surface area contributed by atoms with E-state index in [9.17, 15) is 13.2 Å². The molecule has 0 bridgehead atoms. The zero-order valence-electron chi connectivity index (χ0n) is 9.78. The molecular formula is C11H10ClN3O3S. The fraction of sp³-hybridized carbons (Fsp3) is 0.364. The molecule has 0 N–H and O–H groups in total. The first-order valence-electron chi connectivity index (χ1n) is 5.47. The number of aromatic nitrogens is 1. The summed E-state index contributed by atoms with van der Waals surface area (Å²) in [6.45, 7) is 0.265. The van der Waals surface area contributed by atoms with Crippen molar-refractivity contribution in [1.82, 2.24) is 4.98 Å². The second-order valence-corrected chi connectivity index (χ2v) is 7.15. The molecule has 0 saturated carbocycles. The molecule has 2 heterocycles. The van der Waals surface area contributed by atoms with Crippen molar-refractivity contribution in [3.05, 3.63) is 24.0 Å². The van der Waals surface area contributed by atoms with Crippen LogP contribution in [0.5, 0.6) is 0 Å². The van der Waals surface area contributed by atoms with Crippen LogP contribution in [0.4, 0.5) is 5.69 Å². The molecule has 1 fully saturated rings. The quantitative estimate of drug-likeness (QED) is 0.773. The summed E-state index contributed by atoms with van der Waals surface area (Å²) in [7, 11) is 1.57. The molecule has 1 saturated heterocycles. The van der Waals surface area contributed by atoms with Gasteiger partial charge in [0.05, 0.1) is 23.2 Å². The molecule has 1 atom stereocenters. The van der Waals surface area contributed by atoms with Crippen LogP contribution in [0.3, 0.4) is 0 Å². The van der Waals surface area contributed by atoms with Gasteiger partial charge < -0.3 is 4.90 Å². The van der Waals surface area contributed by atoms with Crippen LogP contribution in [0.15, 0.2) is 18.5 Å². The number of hydrogen-bond donors (Lipinski definition) is 0. The first-order chi connectivity index (χ1) is 8.89. The van der Waals surface area contributed by atoms with Gasteiger partial charge in [-0.25, -0.2) is 8.42 Å². The van der Waals surface area contributed by atoms with E-state index in [-0.39, 0.29) is 30.5 Å². The molecular weight excluding hydrogens is 290 g/mol. The average Bonchev–Trinajstić information content (AvgIpc) is 2.68. The summed E-state index contributed by atoms with van der Waals surface area (Å²) < 4.78 is 22.0. The summed E-state index contributed by atoms with van der Waals surface area (Å²) in [6, 6.07) is 3.48. The minimum absolute atomic E-state index is 0.128. The van der Waals surface area contributed by atoms with Gasteiger partial charge in [0.25, 0.3) is 0 Å². The average molecular weight is 300 g/mol. The second-order valence-electron chi connectivity index (χ2n) is 4.32. The zero-order valence-corrected chi connectivity index (χ0v) is 11.4. The summed E-state index contributed by atoms with van der Waals surface area (Å²) in [4.78, 5) is 17.2. The summed E-state index contributed by atoms with van der Waals surface area (Å²) in [5.74, 6) is -0.759. The number of amides is 1. The molecule has 2 rings (SSSR count). The number of halogens is 1. The Kier molecular flexibility index (Phi) is 3.73. The Morgan fingerprint density at radius 3 is 2.89 bits per heavy atom. The zero-order chi connectivity index (χ0) is 14.0. The van der Waals surface area contributed by atoms with E-state index in [1.165, 1.54) is 17.3 Å². The van der Waals surface area contributed by atoms with Crippen LogP contribution in [0.2, 0.25) is 0 Å². The number of anilines is 1. The van der Waals surface area contributed by atoms with Gasteiger partial charge in [0.2, 0.25) is 15.0 Å². The molecule has 19 heavy (non-hydrogen) atoms. The molecule has 6 nitrogen and oxygen atoms in total. The van der Waals surface area contributed by atoms with E-state index < -0.39 is 9.05 Å². The Bertz CT molecular complexity index is 653. The van der Waals surface area contributed by atoms with E-state index in [2.05, 4.69) is 4.98 Å². The van der Waals surface area contributed by atoms with Crippen LogP contribution in [0.1, 0.15) is 12.0 Å². The van der Waals surface area contributed by atoms with Crippen LogP contribution in [-0.4, -0.2) is 31.6 Å². The van der Waals surface area contributed by atoms with Crippen molar-refractivity contribution in [3.63, 3.8) is 0 Å². The highest BCUT2D eigenvalue weighted by atomic mass is 35.7. The van der Waals surface area contributed by atoms with Crippen LogP contribution < -0.4 is 4.90 Å². The molecule has 1 aromatic rings. The number of nitriles is 1. The number of pyridine rings is 1. The predicted molar refractivity (Wildman–Crippen MR) is 69.1 cm³/mol. The van der Waals surface area contributed by atoms with Gasteiger partial charge in [-0.1, -0.05) is 0 Å². The van der Waals surface area contributed by atoms with Crippen LogP contribution in [-0.2, 0) is 13.8 Å². The van der Waals surface area contributed by atoms with Gasteiger partial charge in [0.1, 0.15) is 6.07 Å². The maximum absolute atomic E-state index is 11.8. The highest BCUT2D eigenvalue weighted by molar-refractivity contribution is 8.13. The lowest BCUT2D eigenvalue weighted by Gasteiger charge is -2.16. The van der Waals surface area contributed by atoms with E-state index in [4.69, 9.17) is 15.9 Å². The van der Waals surface area contributed by atoms with E-state index in [1.807, 2.05) is 6.07 Å². The number of carbonyl (C=O) groups is 1. The van der Waals surface area contributed by atoms with Crippen molar-refractivity contribution in [1.29, 1.82) is 5.26 Å². The number of hydrogen-bond acceptors (Lipinski definition) is 5. The smallest absolute Gasteiger partial charge is 0.232 e. The summed E-state index contributed by atoms with van der Waals surface area (Å²) in [6.07, 6.45) is 2.99. The SMILES string of the molecule is N#Cc1cncc(N2CC(CS(=O)(=O)Cl)CC2=O)c1. The molecule has 0 radical (unpaired) electrons. The minimum Gasteiger partial charge on any atom is -0.311 e. The van der Waals surface area contributed by atoms with Gasteiger partial charge >= 0.3 is 0 Å². The Hall–Kier alpha value is -1.65. The molecule has 1 aliphatic rings. The monoisotopic (exact) mass is 299 g/mol. The van der Waals surface area contributed by atoms with Crippen molar-refractivity contribution in [2.45, 2.75) is 6.42 Å². The van der Waals surface area contributed by atoms with E-state index in [1.54, 1.807) is 6.07 Å². The van der Waals surface area contributed by atoms with Crippen molar-refractivity contribution in [2.24, 2.45) is 5.92 Å². The Morgan fingerprint density at radius 2 is 2.26 bits per heavy atom. The molecule has 0 spiro atoms. The topological polar surface area (TPSA) is 91.1 Å².